The first-order valence-corrected chi connectivity index (χ1v) is 11.3. The number of carbonyl (C=O) groups is 1. The van der Waals surface area contributed by atoms with Crippen LogP contribution in [0.5, 0.6) is 11.5 Å². The number of morpholine rings is 2. The third kappa shape index (κ3) is 4.60. The highest BCUT2D eigenvalue weighted by atomic mass is 32.2. The Morgan fingerprint density at radius 1 is 0.968 bits per heavy atom. The number of anilines is 1. The number of hydrogen-bond donors (Lipinski definition) is 1. The zero-order chi connectivity index (χ0) is 22.0. The maximum Gasteiger partial charge on any atom is 0.322 e. The van der Waals surface area contributed by atoms with E-state index in [9.17, 15) is 13.2 Å². The Morgan fingerprint density at radius 2 is 1.61 bits per heavy atom. The molecule has 0 spiro atoms. The molecule has 0 unspecified atom stereocenters. The van der Waals surface area contributed by atoms with E-state index in [2.05, 4.69) is 5.32 Å². The van der Waals surface area contributed by atoms with Crippen LogP contribution in [0.4, 0.5) is 10.5 Å². The minimum Gasteiger partial charge on any atom is -0.497 e. The van der Waals surface area contributed by atoms with Crippen LogP contribution < -0.4 is 14.8 Å². The van der Waals surface area contributed by atoms with Gasteiger partial charge in [-0.3, -0.25) is 0 Å². The van der Waals surface area contributed by atoms with Crippen LogP contribution in [0.2, 0.25) is 0 Å². The average Bonchev–Trinajstić information content (AvgIpc) is 2.78. The summed E-state index contributed by atoms with van der Waals surface area (Å²) in [6.45, 7) is 0.990. The first-order valence-electron chi connectivity index (χ1n) is 9.88. The topological polar surface area (TPSA) is 97.4 Å². The summed E-state index contributed by atoms with van der Waals surface area (Å²) >= 11 is 0. The van der Waals surface area contributed by atoms with Crippen LogP contribution in [0.1, 0.15) is 0 Å². The molecule has 4 rings (SSSR count). The van der Waals surface area contributed by atoms with Gasteiger partial charge in [0.2, 0.25) is 10.0 Å². The van der Waals surface area contributed by atoms with Crippen molar-refractivity contribution in [2.24, 2.45) is 0 Å². The number of benzene rings is 2. The molecule has 2 aliphatic rings. The predicted octanol–water partition coefficient (Wildman–Crippen LogP) is 2.01. The second-order valence-corrected chi connectivity index (χ2v) is 9.38. The molecule has 2 atom stereocenters. The second-order valence-electron chi connectivity index (χ2n) is 7.44. The summed E-state index contributed by atoms with van der Waals surface area (Å²) in [5, 5.41) is 2.86. The lowest BCUT2D eigenvalue weighted by atomic mass is 10.1. The van der Waals surface area contributed by atoms with Gasteiger partial charge < -0.3 is 24.4 Å². The largest absolute Gasteiger partial charge is 0.497 e. The van der Waals surface area contributed by atoms with E-state index in [1.807, 2.05) is 0 Å². The number of amides is 2. The number of nitrogens with one attached hydrogen (secondary N) is 1. The van der Waals surface area contributed by atoms with E-state index in [1.165, 1.54) is 23.5 Å². The third-order valence-electron chi connectivity index (χ3n) is 5.35. The number of hydrogen-bond acceptors (Lipinski definition) is 6. The van der Waals surface area contributed by atoms with Crippen LogP contribution in [-0.2, 0) is 14.8 Å². The van der Waals surface area contributed by atoms with Crippen LogP contribution in [-0.4, -0.2) is 76.3 Å². The van der Waals surface area contributed by atoms with E-state index in [0.717, 1.165) is 0 Å². The van der Waals surface area contributed by atoms with E-state index in [-0.39, 0.29) is 24.0 Å². The number of fused-ring (bicyclic) bond motifs is 2. The first-order chi connectivity index (χ1) is 14.9. The summed E-state index contributed by atoms with van der Waals surface area (Å²) in [5.74, 6) is 1.24. The fourth-order valence-electron chi connectivity index (χ4n) is 3.82. The minimum absolute atomic E-state index is 0.188. The van der Waals surface area contributed by atoms with Gasteiger partial charge in [-0.2, -0.15) is 4.31 Å². The first kappa shape index (κ1) is 21.4. The number of ether oxygens (including phenoxy) is 3. The third-order valence-corrected chi connectivity index (χ3v) is 7.20. The number of carbonyl (C=O) groups excluding carboxylic acids is 1. The molecule has 2 aromatic rings. The monoisotopic (exact) mass is 447 g/mol. The summed E-state index contributed by atoms with van der Waals surface area (Å²) in [7, 11) is -0.562. The number of nitrogens with zero attached hydrogens (tertiary/aromatic N) is 2. The normalized spacial score (nSPS) is 21.4. The van der Waals surface area contributed by atoms with Crippen molar-refractivity contribution < 1.29 is 27.4 Å². The van der Waals surface area contributed by atoms with Gasteiger partial charge >= 0.3 is 6.03 Å². The lowest BCUT2D eigenvalue weighted by molar-refractivity contribution is -0.110. The molecule has 0 radical (unpaired) electrons. The molecule has 2 heterocycles. The molecule has 166 valence electrons. The molecule has 0 aromatic heterocycles. The molecule has 0 saturated carbocycles. The summed E-state index contributed by atoms with van der Waals surface area (Å²) in [4.78, 5) is 14.6. The number of methoxy groups -OCH3 is 2. The van der Waals surface area contributed by atoms with E-state index in [4.69, 9.17) is 14.2 Å². The maximum atomic E-state index is 13.1. The highest BCUT2D eigenvalue weighted by molar-refractivity contribution is 7.89. The van der Waals surface area contributed by atoms with Crippen molar-refractivity contribution in [3.63, 3.8) is 0 Å². The Kier molecular flexibility index (Phi) is 6.03. The van der Waals surface area contributed by atoms with Gasteiger partial charge in [0.1, 0.15) is 11.5 Å². The van der Waals surface area contributed by atoms with E-state index >= 15 is 0 Å². The molecule has 0 aliphatic carbocycles. The predicted molar refractivity (Wildman–Crippen MR) is 114 cm³/mol. The van der Waals surface area contributed by atoms with Gasteiger partial charge in [-0.05, 0) is 36.4 Å². The van der Waals surface area contributed by atoms with Crippen molar-refractivity contribution in [1.82, 2.24) is 9.21 Å². The molecular formula is C21H25N3O6S. The zero-order valence-corrected chi connectivity index (χ0v) is 18.2. The van der Waals surface area contributed by atoms with Gasteiger partial charge in [-0.1, -0.05) is 6.07 Å². The van der Waals surface area contributed by atoms with Crippen molar-refractivity contribution in [2.45, 2.75) is 17.1 Å². The summed E-state index contributed by atoms with van der Waals surface area (Å²) in [5.41, 5.74) is 0.629. The highest BCUT2D eigenvalue weighted by Gasteiger charge is 2.41. The molecule has 10 heteroatoms. The highest BCUT2D eigenvalue weighted by Crippen LogP contribution is 2.26. The van der Waals surface area contributed by atoms with E-state index in [1.54, 1.807) is 48.4 Å². The van der Waals surface area contributed by atoms with Gasteiger partial charge in [-0.25, -0.2) is 13.2 Å². The molecule has 9 nitrogen and oxygen atoms in total. The number of urea groups is 1. The Morgan fingerprint density at radius 3 is 2.23 bits per heavy atom. The van der Waals surface area contributed by atoms with Crippen LogP contribution >= 0.6 is 0 Å². The van der Waals surface area contributed by atoms with Crippen molar-refractivity contribution in [2.75, 3.05) is 45.7 Å². The van der Waals surface area contributed by atoms with E-state index in [0.29, 0.717) is 30.3 Å². The van der Waals surface area contributed by atoms with Crippen LogP contribution in [0, 0.1) is 0 Å². The van der Waals surface area contributed by atoms with Crippen LogP contribution in [0.3, 0.4) is 0 Å². The molecule has 31 heavy (non-hydrogen) atoms. The van der Waals surface area contributed by atoms with Gasteiger partial charge in [0, 0.05) is 24.8 Å². The zero-order valence-electron chi connectivity index (χ0n) is 17.4. The van der Waals surface area contributed by atoms with Crippen molar-refractivity contribution in [3.05, 3.63) is 48.5 Å². The quantitative estimate of drug-likeness (QED) is 0.753. The van der Waals surface area contributed by atoms with Gasteiger partial charge in [0.15, 0.2) is 0 Å². The minimum atomic E-state index is -3.66. The Labute approximate surface area is 181 Å². The van der Waals surface area contributed by atoms with Crippen molar-refractivity contribution in [3.8, 4) is 11.5 Å². The summed E-state index contributed by atoms with van der Waals surface area (Å²) in [6.07, 6.45) is -0.784. The van der Waals surface area contributed by atoms with Crippen molar-refractivity contribution in [1.29, 1.82) is 0 Å². The van der Waals surface area contributed by atoms with Gasteiger partial charge in [-0.15, -0.1) is 0 Å². The number of rotatable bonds is 5. The Bertz CT molecular complexity index is 1030. The molecule has 2 saturated heterocycles. The fraction of sp³-hybridized carbons (Fsp3) is 0.381. The molecule has 2 aliphatic heterocycles. The number of sulfonamides is 1. The Hall–Kier alpha value is -2.82. The molecule has 2 fully saturated rings. The molecule has 2 amide bonds. The second kappa shape index (κ2) is 8.74. The molecular weight excluding hydrogens is 422 g/mol. The standard InChI is InChI=1S/C21H25N3O6S/c1-28-16-6-8-20(9-7-16)31(26,27)24-13-18-11-23(12-19(14-24)30-18)21(25)22-15-4-3-5-17(10-15)29-2/h3-10,18-19H,11-14H2,1-2H3,(H,22,25)/t18-,19+. The van der Waals surface area contributed by atoms with Crippen LogP contribution in [0.25, 0.3) is 0 Å². The average molecular weight is 448 g/mol. The maximum absolute atomic E-state index is 13.1. The smallest absolute Gasteiger partial charge is 0.322 e. The molecule has 2 aromatic carbocycles. The molecule has 2 bridgehead atoms. The molecule has 1 N–H and O–H groups in total. The van der Waals surface area contributed by atoms with Gasteiger partial charge in [0.05, 0.1) is 44.4 Å². The fourth-order valence-corrected chi connectivity index (χ4v) is 5.32. The summed E-state index contributed by atoms with van der Waals surface area (Å²) < 4.78 is 43.8. The van der Waals surface area contributed by atoms with E-state index < -0.39 is 22.2 Å². The summed E-state index contributed by atoms with van der Waals surface area (Å²) in [6, 6.07) is 13.2. The SMILES string of the molecule is COc1ccc(S(=O)(=O)N2C[C@H]3CN(C(=O)Nc4cccc(OC)c4)C[C@@H](C2)O3)cc1. The lowest BCUT2D eigenvalue weighted by Crippen LogP contribution is -2.61. The van der Waals surface area contributed by atoms with Crippen LogP contribution in [0.15, 0.2) is 53.4 Å². The van der Waals surface area contributed by atoms with Crippen molar-refractivity contribution >= 4 is 21.7 Å². The van der Waals surface area contributed by atoms with Gasteiger partial charge in [0.25, 0.3) is 0 Å². The Balaban J connectivity index is 1.42. The lowest BCUT2D eigenvalue weighted by Gasteiger charge is -2.45.